The molecule has 1 aromatic heterocycles. The van der Waals surface area contributed by atoms with E-state index in [0.29, 0.717) is 17.2 Å². The van der Waals surface area contributed by atoms with Gasteiger partial charge in [-0.2, -0.15) is 0 Å². The highest BCUT2D eigenvalue weighted by Gasteiger charge is 2.36. The van der Waals surface area contributed by atoms with E-state index in [0.717, 1.165) is 0 Å². The molecular weight excluding hydrogens is 334 g/mol. The third-order valence-electron chi connectivity index (χ3n) is 3.26. The van der Waals surface area contributed by atoms with Crippen LogP contribution in [0.5, 0.6) is 0 Å². The first kappa shape index (κ1) is 18.1. The van der Waals surface area contributed by atoms with Crippen molar-refractivity contribution < 1.29 is 23.6 Å². The van der Waals surface area contributed by atoms with Crippen LogP contribution in [0, 0.1) is 6.92 Å². The lowest BCUT2D eigenvalue weighted by atomic mass is 10.1. The van der Waals surface area contributed by atoms with Crippen molar-refractivity contribution in [1.82, 2.24) is 10.1 Å². The van der Waals surface area contributed by atoms with Gasteiger partial charge in [-0.25, -0.2) is 4.79 Å². The van der Waals surface area contributed by atoms with Crippen molar-refractivity contribution in [2.75, 3.05) is 17.7 Å². The second-order valence-corrected chi connectivity index (χ2v) is 6.02. The largest absolute Gasteiger partial charge is 0.463 e. The number of esters is 1. The van der Waals surface area contributed by atoms with E-state index < -0.39 is 17.9 Å². The summed E-state index contributed by atoms with van der Waals surface area (Å²) in [6.07, 6.45) is 1.63. The topological polar surface area (TPSA) is 102 Å². The van der Waals surface area contributed by atoms with Crippen LogP contribution in [0.3, 0.4) is 0 Å². The van der Waals surface area contributed by atoms with E-state index in [1.165, 1.54) is 22.7 Å². The van der Waals surface area contributed by atoms with Gasteiger partial charge in [0.1, 0.15) is 11.8 Å². The summed E-state index contributed by atoms with van der Waals surface area (Å²) in [5, 5.41) is 6.74. The quantitative estimate of drug-likeness (QED) is 0.613. The summed E-state index contributed by atoms with van der Waals surface area (Å²) in [7, 11) is 0. The summed E-state index contributed by atoms with van der Waals surface area (Å²) in [6.45, 7) is 5.44. The third kappa shape index (κ3) is 4.16. The zero-order chi connectivity index (χ0) is 17.7. The molecule has 0 saturated carbocycles. The van der Waals surface area contributed by atoms with Crippen LogP contribution in [0.1, 0.15) is 26.0 Å². The Bertz CT molecular complexity index is 670. The molecule has 0 bridgehead atoms. The predicted molar refractivity (Wildman–Crippen MR) is 88.0 cm³/mol. The summed E-state index contributed by atoms with van der Waals surface area (Å²) in [6, 6.07) is 0.839. The Hall–Kier alpha value is -2.29. The molecule has 1 atom stereocenters. The Balaban J connectivity index is 2.18. The van der Waals surface area contributed by atoms with Gasteiger partial charge in [-0.15, -0.1) is 0 Å². The summed E-state index contributed by atoms with van der Waals surface area (Å²) < 4.78 is 9.77. The van der Waals surface area contributed by atoms with Crippen molar-refractivity contribution in [3.63, 3.8) is 0 Å². The Labute approximate surface area is 143 Å². The molecule has 1 saturated heterocycles. The maximum absolute atomic E-state index is 12.5. The average Bonchev–Trinajstić information content (AvgIpc) is 3.08. The van der Waals surface area contributed by atoms with Gasteiger partial charge < -0.3 is 14.6 Å². The first-order valence-corrected chi connectivity index (χ1v) is 8.52. The van der Waals surface area contributed by atoms with Gasteiger partial charge in [0.25, 0.3) is 0 Å². The predicted octanol–water partition coefficient (Wildman–Crippen LogP) is 1.68. The number of hydrogen-bond acceptors (Lipinski definition) is 7. The molecule has 2 heterocycles. The van der Waals surface area contributed by atoms with Crippen LogP contribution in [0.15, 0.2) is 21.7 Å². The van der Waals surface area contributed by atoms with Crippen molar-refractivity contribution in [3.05, 3.63) is 22.9 Å². The van der Waals surface area contributed by atoms with E-state index in [-0.39, 0.29) is 24.1 Å². The van der Waals surface area contributed by atoms with E-state index in [9.17, 15) is 14.4 Å². The summed E-state index contributed by atoms with van der Waals surface area (Å²) in [4.78, 5) is 37.7. The van der Waals surface area contributed by atoms with Gasteiger partial charge in [0.2, 0.25) is 11.8 Å². The Morgan fingerprint density at radius 2 is 2.29 bits per heavy atom. The number of rotatable bonds is 6. The number of ether oxygens (including phenoxy) is 1. The highest BCUT2D eigenvalue weighted by Crippen LogP contribution is 2.32. The van der Waals surface area contributed by atoms with E-state index in [1.807, 2.05) is 0 Å². The van der Waals surface area contributed by atoms with Crippen LogP contribution < -0.4 is 5.32 Å². The maximum atomic E-state index is 12.5. The molecule has 130 valence electrons. The molecule has 1 unspecified atom stereocenters. The molecule has 1 aromatic rings. The van der Waals surface area contributed by atoms with Gasteiger partial charge in [0, 0.05) is 6.07 Å². The van der Waals surface area contributed by atoms with Gasteiger partial charge in [0.15, 0.2) is 5.82 Å². The van der Waals surface area contributed by atoms with Crippen molar-refractivity contribution in [1.29, 1.82) is 0 Å². The fourth-order valence-corrected chi connectivity index (χ4v) is 3.20. The molecule has 1 aliphatic rings. The van der Waals surface area contributed by atoms with Crippen LogP contribution in [-0.4, -0.2) is 46.2 Å². The number of anilines is 1. The van der Waals surface area contributed by atoms with Crippen LogP contribution in [0.25, 0.3) is 0 Å². The van der Waals surface area contributed by atoms with E-state index in [1.54, 1.807) is 26.8 Å². The number of carbonyl (C=O) groups excluding carboxylic acids is 3. The van der Waals surface area contributed by atoms with Crippen molar-refractivity contribution in [2.45, 2.75) is 33.2 Å². The number of nitrogens with zero attached hydrogens (tertiary/aromatic N) is 2. The van der Waals surface area contributed by atoms with Crippen molar-refractivity contribution >= 4 is 35.4 Å². The SMILES string of the molecule is CCOC(=O)C=C1SCC(=O)N1C(CC)C(=O)Nc1cc(C)on1. The van der Waals surface area contributed by atoms with E-state index in [4.69, 9.17) is 9.26 Å². The number of aromatic nitrogens is 1. The Morgan fingerprint density at radius 1 is 1.54 bits per heavy atom. The number of hydrogen-bond donors (Lipinski definition) is 1. The molecule has 0 aromatic carbocycles. The van der Waals surface area contributed by atoms with Crippen LogP contribution in [0.2, 0.25) is 0 Å². The highest BCUT2D eigenvalue weighted by molar-refractivity contribution is 8.04. The van der Waals surface area contributed by atoms with Crippen molar-refractivity contribution in [3.8, 4) is 0 Å². The number of nitrogens with one attached hydrogen (secondary N) is 1. The molecule has 2 amide bonds. The van der Waals surface area contributed by atoms with Gasteiger partial charge in [0.05, 0.1) is 23.5 Å². The molecule has 1 aliphatic heterocycles. The Morgan fingerprint density at radius 3 is 2.88 bits per heavy atom. The molecule has 0 radical (unpaired) electrons. The number of carbonyl (C=O) groups is 3. The minimum absolute atomic E-state index is 0.179. The molecule has 0 aliphatic carbocycles. The number of aryl methyl sites for hydroxylation is 1. The van der Waals surface area contributed by atoms with Crippen LogP contribution in [0.4, 0.5) is 5.82 Å². The lowest BCUT2D eigenvalue weighted by Crippen LogP contribution is -2.44. The van der Waals surface area contributed by atoms with E-state index in [2.05, 4.69) is 10.5 Å². The van der Waals surface area contributed by atoms with Gasteiger partial charge in [-0.1, -0.05) is 23.8 Å². The molecule has 1 fully saturated rings. The molecule has 2 rings (SSSR count). The minimum Gasteiger partial charge on any atom is -0.463 e. The molecule has 9 heteroatoms. The highest BCUT2D eigenvalue weighted by atomic mass is 32.2. The monoisotopic (exact) mass is 353 g/mol. The zero-order valence-corrected chi connectivity index (χ0v) is 14.5. The van der Waals surface area contributed by atoms with Gasteiger partial charge in [-0.3, -0.25) is 14.5 Å². The smallest absolute Gasteiger partial charge is 0.333 e. The molecule has 8 nitrogen and oxygen atoms in total. The molecule has 1 N–H and O–H groups in total. The third-order valence-corrected chi connectivity index (χ3v) is 4.26. The van der Waals surface area contributed by atoms with Crippen LogP contribution >= 0.6 is 11.8 Å². The fourth-order valence-electron chi connectivity index (χ4n) is 2.24. The fraction of sp³-hybridized carbons (Fsp3) is 0.467. The first-order valence-electron chi connectivity index (χ1n) is 7.53. The summed E-state index contributed by atoms with van der Waals surface area (Å²) >= 11 is 1.21. The standard InChI is InChI=1S/C15H19N3O5S/c1-4-10(15(21)16-11-6-9(3)23-17-11)18-12(19)8-24-13(18)7-14(20)22-5-2/h6-7,10H,4-5,8H2,1-3H3,(H,16,17,21). The van der Waals surface area contributed by atoms with Gasteiger partial charge in [-0.05, 0) is 20.3 Å². The van der Waals surface area contributed by atoms with Gasteiger partial charge >= 0.3 is 5.97 Å². The average molecular weight is 353 g/mol. The zero-order valence-electron chi connectivity index (χ0n) is 13.7. The molecular formula is C15H19N3O5S. The van der Waals surface area contributed by atoms with Crippen LogP contribution in [-0.2, 0) is 19.1 Å². The van der Waals surface area contributed by atoms with Crippen molar-refractivity contribution in [2.24, 2.45) is 0 Å². The Kier molecular flexibility index (Phi) is 6.02. The lowest BCUT2D eigenvalue weighted by molar-refractivity contribution is -0.137. The first-order chi connectivity index (χ1) is 11.5. The second kappa shape index (κ2) is 8.00. The lowest BCUT2D eigenvalue weighted by Gasteiger charge is -2.26. The summed E-state index contributed by atoms with van der Waals surface area (Å²) in [5.41, 5.74) is 0. The molecule has 0 spiro atoms. The number of amides is 2. The minimum atomic E-state index is -0.745. The number of thioether (sulfide) groups is 1. The maximum Gasteiger partial charge on any atom is 0.333 e. The molecule has 24 heavy (non-hydrogen) atoms. The summed E-state index contributed by atoms with van der Waals surface area (Å²) in [5.74, 6) is -0.134. The normalized spacial score (nSPS) is 17.2. The second-order valence-electron chi connectivity index (χ2n) is 5.02. The van der Waals surface area contributed by atoms with E-state index >= 15 is 0 Å².